The molecule has 1 aromatic carbocycles. The zero-order chi connectivity index (χ0) is 28.0. The normalized spacial score (nSPS) is 18.2. The maximum Gasteiger partial charge on any atom is 0.303 e. The summed E-state index contributed by atoms with van der Waals surface area (Å²) in [5.74, 6) is -2.26. The maximum absolute atomic E-state index is 13.5. The molecule has 1 aliphatic heterocycles. The van der Waals surface area contributed by atoms with Gasteiger partial charge in [0.05, 0.1) is 22.2 Å². The number of thiazole rings is 1. The molecule has 3 unspecified atom stereocenters. The molecule has 4 N–H and O–H groups in total. The van der Waals surface area contributed by atoms with E-state index in [1.54, 1.807) is 37.6 Å². The molecule has 2 heterocycles. The molecule has 3 atom stereocenters. The number of aliphatic hydroxyl groups excluding tert-OH is 1. The van der Waals surface area contributed by atoms with Crippen molar-refractivity contribution in [1.82, 2.24) is 20.5 Å². The number of benzene rings is 1. The summed E-state index contributed by atoms with van der Waals surface area (Å²) in [5, 5.41) is 24.7. The van der Waals surface area contributed by atoms with Crippen LogP contribution in [0.5, 0.6) is 0 Å². The van der Waals surface area contributed by atoms with E-state index in [9.17, 15) is 24.3 Å². The second kappa shape index (κ2) is 12.5. The molecule has 1 aliphatic rings. The van der Waals surface area contributed by atoms with E-state index in [4.69, 9.17) is 5.11 Å². The monoisotopic (exact) mass is 544 g/mol. The van der Waals surface area contributed by atoms with Crippen LogP contribution in [0, 0.1) is 12.3 Å². The molecule has 0 radical (unpaired) electrons. The van der Waals surface area contributed by atoms with Crippen molar-refractivity contribution >= 4 is 35.0 Å². The fraction of sp³-hybridized carbons (Fsp3) is 0.519. The number of carbonyl (C=O) groups is 4. The van der Waals surface area contributed by atoms with Gasteiger partial charge in [-0.3, -0.25) is 19.2 Å². The molecule has 0 bridgehead atoms. The number of likely N-dealkylation sites (tertiary alicyclic amines) is 1. The van der Waals surface area contributed by atoms with Crippen molar-refractivity contribution < 1.29 is 29.4 Å². The predicted molar refractivity (Wildman–Crippen MR) is 143 cm³/mol. The number of carboxylic acid groups (broad SMARTS) is 1. The van der Waals surface area contributed by atoms with E-state index in [0.717, 1.165) is 21.7 Å². The molecule has 11 heteroatoms. The highest BCUT2D eigenvalue weighted by Crippen LogP contribution is 2.28. The highest BCUT2D eigenvalue weighted by molar-refractivity contribution is 7.13. The second-order valence-corrected chi connectivity index (χ2v) is 11.5. The van der Waals surface area contributed by atoms with Crippen molar-refractivity contribution in [3.8, 4) is 10.4 Å². The predicted octanol–water partition coefficient (Wildman–Crippen LogP) is 2.48. The number of carbonyl (C=O) groups excluding carboxylic acids is 3. The van der Waals surface area contributed by atoms with E-state index in [1.807, 2.05) is 31.2 Å². The second-order valence-electron chi connectivity index (χ2n) is 10.7. The molecule has 1 fully saturated rings. The van der Waals surface area contributed by atoms with Gasteiger partial charge in [-0.05, 0) is 29.9 Å². The number of rotatable bonds is 10. The molecule has 206 valence electrons. The third-order valence-electron chi connectivity index (χ3n) is 6.51. The van der Waals surface area contributed by atoms with Gasteiger partial charge in [-0.15, -0.1) is 11.3 Å². The van der Waals surface area contributed by atoms with Gasteiger partial charge < -0.3 is 25.7 Å². The van der Waals surface area contributed by atoms with Crippen LogP contribution in [0.25, 0.3) is 10.4 Å². The van der Waals surface area contributed by atoms with Crippen molar-refractivity contribution in [3.63, 3.8) is 0 Å². The fourth-order valence-corrected chi connectivity index (χ4v) is 5.23. The van der Waals surface area contributed by atoms with Gasteiger partial charge in [0.25, 0.3) is 0 Å². The molecule has 3 rings (SSSR count). The average molecular weight is 545 g/mol. The van der Waals surface area contributed by atoms with E-state index in [-0.39, 0.29) is 44.7 Å². The fourth-order valence-electron chi connectivity index (χ4n) is 4.41. The lowest BCUT2D eigenvalue weighted by molar-refractivity contribution is -0.144. The van der Waals surface area contributed by atoms with E-state index in [1.165, 1.54) is 4.90 Å². The Bertz CT molecular complexity index is 1160. The molecule has 2 aromatic rings. The Morgan fingerprint density at radius 3 is 2.42 bits per heavy atom. The van der Waals surface area contributed by atoms with Crippen molar-refractivity contribution in [3.05, 3.63) is 41.0 Å². The number of amides is 3. The van der Waals surface area contributed by atoms with Crippen LogP contribution in [0.3, 0.4) is 0 Å². The minimum Gasteiger partial charge on any atom is -0.481 e. The molecule has 0 aliphatic carbocycles. The van der Waals surface area contributed by atoms with Crippen LogP contribution in [0.1, 0.15) is 57.7 Å². The van der Waals surface area contributed by atoms with Crippen LogP contribution >= 0.6 is 11.3 Å². The first kappa shape index (κ1) is 29.2. The van der Waals surface area contributed by atoms with Gasteiger partial charge in [0.2, 0.25) is 17.7 Å². The first-order valence-electron chi connectivity index (χ1n) is 12.6. The Kier molecular flexibility index (Phi) is 9.61. The molecular formula is C27H36N4O6S. The Morgan fingerprint density at radius 2 is 1.84 bits per heavy atom. The third kappa shape index (κ3) is 7.61. The molecule has 3 amide bonds. The SMILES string of the molecule is Cc1ncsc1-c1ccc(CNC(=O)C2CC(O)CN2C(=O)C(NC(=O)CCCC(=O)O)C(C)(C)C)cc1. The summed E-state index contributed by atoms with van der Waals surface area (Å²) in [4.78, 5) is 56.5. The lowest BCUT2D eigenvalue weighted by Crippen LogP contribution is -2.57. The average Bonchev–Trinajstić information content (AvgIpc) is 3.45. The number of β-amino-alcohol motifs (C(OH)–C–C–N with tert-alkyl or cyclic N) is 1. The van der Waals surface area contributed by atoms with Crippen LogP contribution in [0.15, 0.2) is 29.8 Å². The number of aromatic nitrogens is 1. The summed E-state index contributed by atoms with van der Waals surface area (Å²) < 4.78 is 0. The molecule has 1 aromatic heterocycles. The number of nitrogens with zero attached hydrogens (tertiary/aromatic N) is 2. The lowest BCUT2D eigenvalue weighted by Gasteiger charge is -2.35. The van der Waals surface area contributed by atoms with Crippen LogP contribution in [-0.4, -0.2) is 68.5 Å². The third-order valence-corrected chi connectivity index (χ3v) is 7.48. The van der Waals surface area contributed by atoms with E-state index >= 15 is 0 Å². The number of hydrogen-bond donors (Lipinski definition) is 4. The Morgan fingerprint density at radius 1 is 1.16 bits per heavy atom. The van der Waals surface area contributed by atoms with E-state index < -0.39 is 41.4 Å². The molecule has 0 spiro atoms. The van der Waals surface area contributed by atoms with Gasteiger partial charge in [-0.25, -0.2) is 4.98 Å². The van der Waals surface area contributed by atoms with Crippen molar-refractivity contribution in [2.75, 3.05) is 6.54 Å². The first-order chi connectivity index (χ1) is 17.9. The molecular weight excluding hydrogens is 508 g/mol. The van der Waals surface area contributed by atoms with E-state index in [0.29, 0.717) is 0 Å². The Labute approximate surface area is 226 Å². The van der Waals surface area contributed by atoms with E-state index in [2.05, 4.69) is 15.6 Å². The number of carboxylic acids is 1. The van der Waals surface area contributed by atoms with Gasteiger partial charge in [-0.1, -0.05) is 45.0 Å². The van der Waals surface area contributed by atoms with Gasteiger partial charge in [-0.2, -0.15) is 0 Å². The lowest BCUT2D eigenvalue weighted by atomic mass is 9.85. The summed E-state index contributed by atoms with van der Waals surface area (Å²) >= 11 is 1.57. The minimum atomic E-state index is -0.994. The van der Waals surface area contributed by atoms with Crippen LogP contribution in [0.2, 0.25) is 0 Å². The van der Waals surface area contributed by atoms with Crippen LogP contribution in [-0.2, 0) is 25.7 Å². The molecule has 1 saturated heterocycles. The minimum absolute atomic E-state index is 0.0126. The number of nitrogens with one attached hydrogen (secondary N) is 2. The summed E-state index contributed by atoms with van der Waals surface area (Å²) in [6.45, 7) is 7.60. The highest BCUT2D eigenvalue weighted by Gasteiger charge is 2.44. The van der Waals surface area contributed by atoms with Crippen molar-refractivity contribution in [2.45, 2.75) is 78.1 Å². The van der Waals surface area contributed by atoms with Gasteiger partial charge in [0.1, 0.15) is 12.1 Å². The van der Waals surface area contributed by atoms with Crippen molar-refractivity contribution in [2.24, 2.45) is 5.41 Å². The maximum atomic E-state index is 13.5. The number of hydrogen-bond acceptors (Lipinski definition) is 7. The highest BCUT2D eigenvalue weighted by atomic mass is 32.1. The number of aryl methyl sites for hydroxylation is 1. The smallest absolute Gasteiger partial charge is 0.303 e. The van der Waals surface area contributed by atoms with Gasteiger partial charge in [0.15, 0.2) is 0 Å². The standard InChI is InChI=1S/C27H36N4O6S/c1-16-23(38-15-29-16)18-10-8-17(9-11-18)13-28-25(36)20-12-19(32)14-31(20)26(37)24(27(2,3)4)30-21(33)6-5-7-22(34)35/h8-11,15,19-20,24,32H,5-7,12-14H2,1-4H3,(H,28,36)(H,30,33)(H,34,35). The quantitative estimate of drug-likeness (QED) is 0.359. The number of aliphatic carboxylic acids is 1. The number of aliphatic hydroxyl groups is 1. The Hall–Kier alpha value is -3.31. The zero-order valence-electron chi connectivity index (χ0n) is 22.2. The summed E-state index contributed by atoms with van der Waals surface area (Å²) in [6.07, 6.45) is -0.770. The van der Waals surface area contributed by atoms with Gasteiger partial charge in [0, 0.05) is 32.4 Å². The van der Waals surface area contributed by atoms with Crippen LogP contribution < -0.4 is 10.6 Å². The molecule has 10 nitrogen and oxygen atoms in total. The molecule has 38 heavy (non-hydrogen) atoms. The summed E-state index contributed by atoms with van der Waals surface area (Å²) in [7, 11) is 0. The first-order valence-corrected chi connectivity index (χ1v) is 13.5. The Balaban J connectivity index is 1.64. The summed E-state index contributed by atoms with van der Waals surface area (Å²) in [6, 6.07) is 6.00. The molecule has 0 saturated carbocycles. The summed E-state index contributed by atoms with van der Waals surface area (Å²) in [5.41, 5.74) is 4.03. The van der Waals surface area contributed by atoms with Crippen LogP contribution in [0.4, 0.5) is 0 Å². The van der Waals surface area contributed by atoms with Gasteiger partial charge >= 0.3 is 5.97 Å². The zero-order valence-corrected chi connectivity index (χ0v) is 23.0. The largest absolute Gasteiger partial charge is 0.481 e. The topological polar surface area (TPSA) is 149 Å². The van der Waals surface area contributed by atoms with Crippen molar-refractivity contribution in [1.29, 1.82) is 0 Å².